The highest BCUT2D eigenvalue weighted by Crippen LogP contribution is 2.43. The number of fused-ring (bicyclic) bond motifs is 2. The Labute approximate surface area is 155 Å². The molecular formula is C22H26N4. The Bertz CT molecular complexity index is 859. The van der Waals surface area contributed by atoms with Crippen LogP contribution >= 0.6 is 0 Å². The van der Waals surface area contributed by atoms with Crippen LogP contribution in [0.15, 0.2) is 58.7 Å². The molecule has 2 heterocycles. The second kappa shape index (κ2) is 5.44. The summed E-state index contributed by atoms with van der Waals surface area (Å²) in [6.45, 7) is 8.86. The van der Waals surface area contributed by atoms with Crippen molar-refractivity contribution in [2.45, 2.75) is 38.5 Å². The maximum Gasteiger partial charge on any atom is 0.142 e. The number of hydrogen-bond donors (Lipinski definition) is 0. The van der Waals surface area contributed by atoms with E-state index < -0.39 is 0 Å². The first-order valence-corrected chi connectivity index (χ1v) is 9.09. The average Bonchev–Trinajstić information content (AvgIpc) is 2.94. The summed E-state index contributed by atoms with van der Waals surface area (Å²) in [5.41, 5.74) is 4.68. The smallest absolute Gasteiger partial charge is 0.142 e. The second-order valence-corrected chi connectivity index (χ2v) is 8.25. The summed E-state index contributed by atoms with van der Waals surface area (Å²) in [6, 6.07) is 17.0. The van der Waals surface area contributed by atoms with Crippen molar-refractivity contribution < 1.29 is 0 Å². The molecule has 0 saturated heterocycles. The van der Waals surface area contributed by atoms with Gasteiger partial charge in [0.05, 0.1) is 10.8 Å². The van der Waals surface area contributed by atoms with Gasteiger partial charge in [0, 0.05) is 25.5 Å². The fourth-order valence-corrected chi connectivity index (χ4v) is 4.38. The third-order valence-electron chi connectivity index (χ3n) is 5.87. The average molecular weight is 346 g/mol. The van der Waals surface area contributed by atoms with Crippen LogP contribution in [0.5, 0.6) is 0 Å². The number of hydrogen-bond acceptors (Lipinski definition) is 2. The van der Waals surface area contributed by atoms with Crippen LogP contribution in [-0.2, 0) is 10.8 Å². The number of rotatable bonds is 1. The van der Waals surface area contributed by atoms with E-state index in [0.29, 0.717) is 0 Å². The SMILES string of the molecule is CN1/C(=N/N=C2/N(C)c3ccccc3C2(C)C)C(C)(C)c2ccccc21. The van der Waals surface area contributed by atoms with Crippen LogP contribution < -0.4 is 9.80 Å². The van der Waals surface area contributed by atoms with Crippen molar-refractivity contribution in [2.75, 3.05) is 23.9 Å². The first-order chi connectivity index (χ1) is 12.3. The number of benzene rings is 2. The zero-order valence-electron chi connectivity index (χ0n) is 16.4. The molecule has 2 aromatic rings. The molecule has 4 heteroatoms. The molecule has 0 aromatic heterocycles. The summed E-state index contributed by atoms with van der Waals surface area (Å²) in [5.74, 6) is 1.96. The zero-order chi connectivity index (χ0) is 18.7. The van der Waals surface area contributed by atoms with E-state index in [9.17, 15) is 0 Å². The lowest BCUT2D eigenvalue weighted by Gasteiger charge is -2.23. The van der Waals surface area contributed by atoms with Crippen LogP contribution in [0.2, 0.25) is 0 Å². The van der Waals surface area contributed by atoms with E-state index >= 15 is 0 Å². The summed E-state index contributed by atoms with van der Waals surface area (Å²) < 4.78 is 0. The van der Waals surface area contributed by atoms with Gasteiger partial charge in [-0.2, -0.15) is 0 Å². The van der Waals surface area contributed by atoms with Gasteiger partial charge in [-0.1, -0.05) is 36.4 Å². The quantitative estimate of drug-likeness (QED) is 0.709. The molecule has 0 spiro atoms. The molecule has 0 aliphatic carbocycles. The van der Waals surface area contributed by atoms with Crippen LogP contribution in [0, 0.1) is 0 Å². The third-order valence-corrected chi connectivity index (χ3v) is 5.87. The van der Waals surface area contributed by atoms with Gasteiger partial charge in [0.25, 0.3) is 0 Å². The molecule has 0 saturated carbocycles. The van der Waals surface area contributed by atoms with Crippen LogP contribution in [0.1, 0.15) is 38.8 Å². The predicted molar refractivity (Wildman–Crippen MR) is 111 cm³/mol. The van der Waals surface area contributed by atoms with Gasteiger partial charge in [-0.3, -0.25) is 0 Å². The molecule has 0 N–H and O–H groups in total. The van der Waals surface area contributed by atoms with Crippen molar-refractivity contribution in [3.05, 3.63) is 59.7 Å². The van der Waals surface area contributed by atoms with Crippen LogP contribution in [0.4, 0.5) is 11.4 Å². The Hall–Kier alpha value is -2.62. The first-order valence-electron chi connectivity index (χ1n) is 9.09. The number of nitrogens with zero attached hydrogens (tertiary/aromatic N) is 4. The van der Waals surface area contributed by atoms with Gasteiger partial charge < -0.3 is 9.80 Å². The molecule has 2 aliphatic heterocycles. The fraction of sp³-hybridized carbons (Fsp3) is 0.364. The van der Waals surface area contributed by atoms with E-state index in [4.69, 9.17) is 10.2 Å². The number of amidine groups is 2. The lowest BCUT2D eigenvalue weighted by Crippen LogP contribution is -2.36. The molecule has 0 atom stereocenters. The summed E-state index contributed by atoms with van der Waals surface area (Å²) in [7, 11) is 4.15. The molecule has 26 heavy (non-hydrogen) atoms. The summed E-state index contributed by atoms with van der Waals surface area (Å²) >= 11 is 0. The molecule has 0 bridgehead atoms. The number of likely N-dealkylation sites (N-methyl/N-ethyl adjacent to an activating group) is 2. The Kier molecular flexibility index (Phi) is 3.52. The lowest BCUT2D eigenvalue weighted by atomic mass is 9.85. The van der Waals surface area contributed by atoms with Crippen molar-refractivity contribution in [2.24, 2.45) is 10.2 Å². The van der Waals surface area contributed by atoms with Gasteiger partial charge >= 0.3 is 0 Å². The van der Waals surface area contributed by atoms with E-state index in [2.05, 4.69) is 100 Å². The second-order valence-electron chi connectivity index (χ2n) is 8.25. The van der Waals surface area contributed by atoms with E-state index in [1.807, 2.05) is 0 Å². The van der Waals surface area contributed by atoms with Gasteiger partial charge in [0.15, 0.2) is 0 Å². The van der Waals surface area contributed by atoms with Gasteiger partial charge in [-0.15, -0.1) is 10.2 Å². The molecule has 0 amide bonds. The molecule has 134 valence electrons. The van der Waals surface area contributed by atoms with Crippen molar-refractivity contribution in [1.82, 2.24) is 0 Å². The molecule has 0 unspecified atom stereocenters. The van der Waals surface area contributed by atoms with Crippen LogP contribution in [0.25, 0.3) is 0 Å². The fourth-order valence-electron chi connectivity index (χ4n) is 4.38. The topological polar surface area (TPSA) is 31.2 Å². The summed E-state index contributed by atoms with van der Waals surface area (Å²) in [5, 5.41) is 9.54. The molecular weight excluding hydrogens is 320 g/mol. The maximum atomic E-state index is 4.77. The van der Waals surface area contributed by atoms with Crippen molar-refractivity contribution in [3.8, 4) is 0 Å². The monoisotopic (exact) mass is 346 g/mol. The molecule has 4 rings (SSSR count). The molecule has 0 radical (unpaired) electrons. The Morgan fingerprint density at radius 2 is 0.962 bits per heavy atom. The van der Waals surface area contributed by atoms with E-state index in [0.717, 1.165) is 11.7 Å². The zero-order valence-corrected chi connectivity index (χ0v) is 16.4. The number of anilines is 2. The van der Waals surface area contributed by atoms with Gasteiger partial charge in [0.2, 0.25) is 0 Å². The van der Waals surface area contributed by atoms with Crippen molar-refractivity contribution in [1.29, 1.82) is 0 Å². The summed E-state index contributed by atoms with van der Waals surface area (Å²) in [4.78, 5) is 4.32. The summed E-state index contributed by atoms with van der Waals surface area (Å²) in [6.07, 6.45) is 0. The molecule has 4 nitrogen and oxygen atoms in total. The molecule has 2 aliphatic rings. The highest BCUT2D eigenvalue weighted by Gasteiger charge is 2.42. The standard InChI is InChI=1S/C22H26N4/c1-21(2)15-11-7-9-13-17(15)25(5)19(21)23-24-20-22(3,4)16-12-8-10-14-18(16)26(20)6/h7-14H,1-6H3/b23-19+,24-20+. The van der Waals surface area contributed by atoms with Gasteiger partial charge in [0.1, 0.15) is 11.7 Å². The Morgan fingerprint density at radius 1 is 0.615 bits per heavy atom. The minimum atomic E-state index is -0.163. The highest BCUT2D eigenvalue weighted by molar-refractivity contribution is 6.13. The molecule has 0 fully saturated rings. The first kappa shape index (κ1) is 16.8. The van der Waals surface area contributed by atoms with Crippen LogP contribution in [-0.4, -0.2) is 25.8 Å². The minimum absolute atomic E-state index is 0.163. The van der Waals surface area contributed by atoms with E-state index in [1.54, 1.807) is 0 Å². The Morgan fingerprint density at radius 3 is 1.31 bits per heavy atom. The van der Waals surface area contributed by atoms with Crippen molar-refractivity contribution >= 4 is 23.0 Å². The lowest BCUT2D eigenvalue weighted by molar-refractivity contribution is 0.716. The Balaban J connectivity index is 1.79. The van der Waals surface area contributed by atoms with E-state index in [-0.39, 0.29) is 10.8 Å². The van der Waals surface area contributed by atoms with E-state index in [1.165, 1.54) is 22.5 Å². The predicted octanol–water partition coefficient (Wildman–Crippen LogP) is 4.55. The largest absolute Gasteiger partial charge is 0.330 e. The normalized spacial score (nSPS) is 22.8. The van der Waals surface area contributed by atoms with Gasteiger partial charge in [-0.25, -0.2) is 0 Å². The minimum Gasteiger partial charge on any atom is -0.330 e. The van der Waals surface area contributed by atoms with Gasteiger partial charge in [-0.05, 0) is 51.0 Å². The highest BCUT2D eigenvalue weighted by atomic mass is 15.4. The third kappa shape index (κ3) is 2.14. The van der Waals surface area contributed by atoms with Crippen molar-refractivity contribution in [3.63, 3.8) is 0 Å². The maximum absolute atomic E-state index is 4.77. The molecule has 2 aromatic carbocycles. The van der Waals surface area contributed by atoms with Crippen LogP contribution in [0.3, 0.4) is 0 Å². The number of para-hydroxylation sites is 2.